The molecule has 4 N–H and O–H groups in total. The summed E-state index contributed by atoms with van der Waals surface area (Å²) in [5.41, 5.74) is 0. The van der Waals surface area contributed by atoms with Gasteiger partial charge in [0.25, 0.3) is 0 Å². The Balaban J connectivity index is 2.32. The minimum atomic E-state index is -1.56. The molecule has 0 aliphatic carbocycles. The molecule has 1 saturated heterocycles. The number of hydrogen-bond acceptors (Lipinski definition) is 9. The molecular weight excluding hydrogens is 829 g/mol. The lowest BCUT2D eigenvalue weighted by Gasteiger charge is -2.39. The summed E-state index contributed by atoms with van der Waals surface area (Å²) in [6.07, 6.45) is 63.1. The molecule has 66 heavy (non-hydrogen) atoms. The maximum absolute atomic E-state index is 12.8. The molecule has 0 aromatic heterocycles. The van der Waals surface area contributed by atoms with Gasteiger partial charge in [-0.3, -0.25) is 4.79 Å². The third kappa shape index (κ3) is 36.2. The Morgan fingerprint density at radius 2 is 0.879 bits per heavy atom. The van der Waals surface area contributed by atoms with Crippen molar-refractivity contribution in [3.63, 3.8) is 0 Å². The zero-order valence-electron chi connectivity index (χ0n) is 40.6. The quantitative estimate of drug-likeness (QED) is 0.0269. The molecule has 1 fully saturated rings. The predicted molar refractivity (Wildman–Crippen MR) is 274 cm³/mol. The second-order valence-electron chi connectivity index (χ2n) is 16.1. The van der Waals surface area contributed by atoms with Crippen LogP contribution in [0.25, 0.3) is 0 Å². The van der Waals surface area contributed by atoms with Crippen molar-refractivity contribution in [1.82, 2.24) is 0 Å². The summed E-state index contributed by atoms with van der Waals surface area (Å²) in [5.74, 6) is -0.388. The number of esters is 1. The Labute approximate surface area is 400 Å². The van der Waals surface area contributed by atoms with E-state index in [0.29, 0.717) is 13.0 Å². The molecule has 0 saturated carbocycles. The lowest BCUT2D eigenvalue weighted by molar-refractivity contribution is -0.305. The summed E-state index contributed by atoms with van der Waals surface area (Å²) < 4.78 is 22.8. The van der Waals surface area contributed by atoms with Gasteiger partial charge in [0.1, 0.15) is 30.5 Å². The standard InChI is InChI=1S/C57H88O9/c1-3-5-7-9-11-13-15-17-19-21-23-25-26-27-28-30-32-34-36-38-40-42-44-46-53(59)65-51(50-64-57-56(62)55(61)54(60)52(48-58)66-57)49-63-47-45-43-41-39-37-35-33-31-29-24-22-20-18-16-14-12-10-8-6-4-2/h5-8,11-14,17-20,23-25,27-29,32-35,38,40,51-52,54-58,60-62H,3-4,9-10,15-16,21-22,26,30-31,36-37,39,41-50H2,1-2H3/b7-5-,8-6-,13-11-,14-12-,19-17-,20-18-,25-23-,28-27-,29-24-,34-32-,35-33-,40-38-. The second kappa shape index (κ2) is 46.2. The minimum absolute atomic E-state index is 0.0923. The van der Waals surface area contributed by atoms with Crippen molar-refractivity contribution in [3.05, 3.63) is 146 Å². The first-order valence-electron chi connectivity index (χ1n) is 24.9. The number of ether oxygens (including phenoxy) is 4. The molecule has 0 aromatic rings. The van der Waals surface area contributed by atoms with Gasteiger partial charge < -0.3 is 39.4 Å². The SMILES string of the molecule is CC/C=C\C/C=C\C/C=C\C/C=C\C/C=C\C/C=C\C/C=C\CCCC(=O)OC(COCCCCCC/C=C\C/C=C\C/C=C\C/C=C\C/C=C\CC)COC1OC(CO)C(O)C(O)C1O. The highest BCUT2D eigenvalue weighted by Crippen LogP contribution is 2.22. The van der Waals surface area contributed by atoms with Crippen LogP contribution in [-0.2, 0) is 23.7 Å². The smallest absolute Gasteiger partial charge is 0.306 e. The van der Waals surface area contributed by atoms with Crippen molar-refractivity contribution in [2.45, 2.75) is 179 Å². The molecular formula is C57H88O9. The molecule has 0 aromatic carbocycles. The van der Waals surface area contributed by atoms with Crippen LogP contribution in [0.3, 0.4) is 0 Å². The van der Waals surface area contributed by atoms with Crippen molar-refractivity contribution in [2.24, 2.45) is 0 Å². The number of carbonyl (C=O) groups is 1. The fraction of sp³-hybridized carbons (Fsp3) is 0.561. The fourth-order valence-electron chi connectivity index (χ4n) is 6.45. The summed E-state index contributed by atoms with van der Waals surface area (Å²) in [6.45, 7) is 4.16. The molecule has 1 aliphatic heterocycles. The van der Waals surface area contributed by atoms with Gasteiger partial charge in [-0.2, -0.15) is 0 Å². The second-order valence-corrected chi connectivity index (χ2v) is 16.1. The maximum atomic E-state index is 12.8. The molecule has 0 amide bonds. The summed E-state index contributed by atoms with van der Waals surface area (Å²) >= 11 is 0. The normalized spacial score (nSPS) is 20.6. The van der Waals surface area contributed by atoms with Crippen LogP contribution in [0.4, 0.5) is 0 Å². The number of aliphatic hydroxyl groups is 4. The first-order chi connectivity index (χ1) is 32.4. The molecule has 0 bridgehead atoms. The summed E-state index contributed by atoms with van der Waals surface area (Å²) in [6, 6.07) is 0. The van der Waals surface area contributed by atoms with Crippen LogP contribution in [0.5, 0.6) is 0 Å². The Morgan fingerprint density at radius 3 is 1.30 bits per heavy atom. The highest BCUT2D eigenvalue weighted by atomic mass is 16.7. The molecule has 0 spiro atoms. The van der Waals surface area contributed by atoms with E-state index in [-0.39, 0.29) is 25.6 Å². The van der Waals surface area contributed by atoms with E-state index in [1.807, 2.05) is 0 Å². The highest BCUT2D eigenvalue weighted by molar-refractivity contribution is 5.69. The molecule has 370 valence electrons. The monoisotopic (exact) mass is 917 g/mol. The Morgan fingerprint density at radius 1 is 0.485 bits per heavy atom. The van der Waals surface area contributed by atoms with Crippen molar-refractivity contribution in [1.29, 1.82) is 0 Å². The van der Waals surface area contributed by atoms with Crippen LogP contribution in [0.1, 0.15) is 142 Å². The van der Waals surface area contributed by atoms with Crippen LogP contribution in [0.15, 0.2) is 146 Å². The van der Waals surface area contributed by atoms with Gasteiger partial charge in [0.05, 0.1) is 19.8 Å². The van der Waals surface area contributed by atoms with Gasteiger partial charge in [0.2, 0.25) is 0 Å². The van der Waals surface area contributed by atoms with Crippen LogP contribution < -0.4 is 0 Å². The number of carbonyl (C=O) groups excluding carboxylic acids is 1. The average molecular weight is 917 g/mol. The third-order valence-electron chi connectivity index (χ3n) is 10.3. The van der Waals surface area contributed by atoms with Crippen LogP contribution in [-0.4, -0.2) is 89.6 Å². The Kier molecular flexibility index (Phi) is 42.1. The summed E-state index contributed by atoms with van der Waals surface area (Å²) in [7, 11) is 0. The van der Waals surface area contributed by atoms with Crippen molar-refractivity contribution in [3.8, 4) is 0 Å². The first kappa shape index (κ1) is 60.1. The van der Waals surface area contributed by atoms with E-state index < -0.39 is 43.4 Å². The van der Waals surface area contributed by atoms with Crippen LogP contribution in [0, 0.1) is 0 Å². The zero-order valence-corrected chi connectivity index (χ0v) is 40.6. The lowest BCUT2D eigenvalue weighted by atomic mass is 9.99. The van der Waals surface area contributed by atoms with Gasteiger partial charge in [-0.15, -0.1) is 0 Å². The van der Waals surface area contributed by atoms with E-state index in [4.69, 9.17) is 18.9 Å². The Bertz CT molecular complexity index is 1510. The van der Waals surface area contributed by atoms with Crippen molar-refractivity contribution in [2.75, 3.05) is 26.4 Å². The zero-order chi connectivity index (χ0) is 47.8. The van der Waals surface area contributed by atoms with E-state index in [1.54, 1.807) is 0 Å². The highest BCUT2D eigenvalue weighted by Gasteiger charge is 2.44. The number of aliphatic hydroxyl groups excluding tert-OH is 4. The average Bonchev–Trinajstić information content (AvgIpc) is 3.32. The van der Waals surface area contributed by atoms with Gasteiger partial charge in [-0.05, 0) is 109 Å². The van der Waals surface area contributed by atoms with Crippen LogP contribution >= 0.6 is 0 Å². The molecule has 0 radical (unpaired) electrons. The number of rotatable bonds is 40. The van der Waals surface area contributed by atoms with Gasteiger partial charge in [0, 0.05) is 13.0 Å². The van der Waals surface area contributed by atoms with Gasteiger partial charge in [0.15, 0.2) is 6.29 Å². The van der Waals surface area contributed by atoms with Crippen molar-refractivity contribution >= 4 is 5.97 Å². The number of allylic oxidation sites excluding steroid dienone is 24. The molecule has 1 aliphatic rings. The maximum Gasteiger partial charge on any atom is 0.306 e. The van der Waals surface area contributed by atoms with Gasteiger partial charge >= 0.3 is 5.97 Å². The Hall–Kier alpha value is -3.93. The topological polar surface area (TPSA) is 135 Å². The van der Waals surface area contributed by atoms with E-state index in [1.165, 1.54) is 0 Å². The van der Waals surface area contributed by atoms with E-state index >= 15 is 0 Å². The molecule has 9 nitrogen and oxygen atoms in total. The third-order valence-corrected chi connectivity index (χ3v) is 10.3. The molecule has 6 atom stereocenters. The van der Waals surface area contributed by atoms with Crippen molar-refractivity contribution < 1.29 is 44.2 Å². The van der Waals surface area contributed by atoms with Gasteiger partial charge in [-0.25, -0.2) is 0 Å². The lowest BCUT2D eigenvalue weighted by Crippen LogP contribution is -2.59. The summed E-state index contributed by atoms with van der Waals surface area (Å²) in [4.78, 5) is 12.8. The molecule has 1 rings (SSSR count). The predicted octanol–water partition coefficient (Wildman–Crippen LogP) is 12.2. The van der Waals surface area contributed by atoms with E-state index in [0.717, 1.165) is 116 Å². The fourth-order valence-corrected chi connectivity index (χ4v) is 6.45. The van der Waals surface area contributed by atoms with Gasteiger partial charge in [-0.1, -0.05) is 173 Å². The van der Waals surface area contributed by atoms with Crippen LogP contribution in [0.2, 0.25) is 0 Å². The molecule has 1 heterocycles. The summed E-state index contributed by atoms with van der Waals surface area (Å²) in [5, 5.41) is 40.2. The molecule has 9 heteroatoms. The first-order valence-corrected chi connectivity index (χ1v) is 24.9. The van der Waals surface area contributed by atoms with E-state index in [9.17, 15) is 25.2 Å². The minimum Gasteiger partial charge on any atom is -0.457 e. The van der Waals surface area contributed by atoms with E-state index in [2.05, 4.69) is 160 Å². The number of unbranched alkanes of at least 4 members (excludes halogenated alkanes) is 5. The molecule has 6 unspecified atom stereocenters. The largest absolute Gasteiger partial charge is 0.457 e. The number of hydrogen-bond donors (Lipinski definition) is 4.